The van der Waals surface area contributed by atoms with E-state index >= 15 is 0 Å². The molecule has 1 unspecified atom stereocenters. The summed E-state index contributed by atoms with van der Waals surface area (Å²) in [5.74, 6) is 0.377. The fraction of sp³-hybridized carbons (Fsp3) is 0.571. The highest BCUT2D eigenvalue weighted by molar-refractivity contribution is 5.83. The highest BCUT2D eigenvalue weighted by Crippen LogP contribution is 2.26. The molecule has 3 nitrogen and oxygen atoms in total. The van der Waals surface area contributed by atoms with Gasteiger partial charge >= 0.3 is 0 Å². The molecule has 1 atom stereocenters. The summed E-state index contributed by atoms with van der Waals surface area (Å²) in [5.41, 5.74) is 4.31. The van der Waals surface area contributed by atoms with E-state index in [9.17, 15) is 4.79 Å². The summed E-state index contributed by atoms with van der Waals surface area (Å²) >= 11 is 0. The second-order valence-corrected chi connectivity index (χ2v) is 2.72. The minimum absolute atomic E-state index is 0.402. The van der Waals surface area contributed by atoms with Crippen LogP contribution in [0.25, 0.3) is 0 Å². The Morgan fingerprint density at radius 3 is 2.70 bits per heavy atom. The third-order valence-corrected chi connectivity index (χ3v) is 1.69. The van der Waals surface area contributed by atoms with Crippen molar-refractivity contribution in [1.29, 1.82) is 0 Å². The van der Waals surface area contributed by atoms with Crippen molar-refractivity contribution in [2.24, 2.45) is 5.73 Å². The zero-order valence-corrected chi connectivity index (χ0v) is 6.18. The summed E-state index contributed by atoms with van der Waals surface area (Å²) in [7, 11) is 0. The number of hydrogen-bond acceptors (Lipinski definition) is 2. The first-order valence-electron chi connectivity index (χ1n) is 3.20. The van der Waals surface area contributed by atoms with Gasteiger partial charge in [-0.25, -0.2) is 0 Å². The largest absolute Gasteiger partial charge is 0.482 e. The van der Waals surface area contributed by atoms with Crippen LogP contribution in [0.3, 0.4) is 0 Å². The lowest BCUT2D eigenvalue weighted by molar-refractivity contribution is -0.134. The molecule has 1 heterocycles. The van der Waals surface area contributed by atoms with Gasteiger partial charge < -0.3 is 10.5 Å². The molecule has 1 aliphatic heterocycles. The number of rotatable bonds is 1. The Bertz CT molecular complexity index is 198. The highest BCUT2D eigenvalue weighted by Gasteiger charge is 2.35. The molecule has 0 saturated carbocycles. The predicted octanol–water partition coefficient (Wildman–Crippen LogP) is 0.555. The van der Waals surface area contributed by atoms with Crippen molar-refractivity contribution in [2.75, 3.05) is 0 Å². The molecular formula is C7H11NO2. The number of hydrogen-bond donors (Lipinski definition) is 1. The maximum atomic E-state index is 10.7. The van der Waals surface area contributed by atoms with Crippen LogP contribution >= 0.6 is 0 Å². The zero-order chi connectivity index (χ0) is 7.78. The molecule has 2 N–H and O–H groups in total. The molecule has 0 aliphatic carbocycles. The van der Waals surface area contributed by atoms with Gasteiger partial charge in [0.05, 0.1) is 5.76 Å². The maximum absolute atomic E-state index is 10.7. The Morgan fingerprint density at radius 1 is 1.90 bits per heavy atom. The minimum Gasteiger partial charge on any atom is -0.482 e. The summed E-state index contributed by atoms with van der Waals surface area (Å²) in [5, 5.41) is 0. The molecule has 0 bridgehead atoms. The van der Waals surface area contributed by atoms with Crippen molar-refractivity contribution in [2.45, 2.75) is 25.9 Å². The van der Waals surface area contributed by atoms with Gasteiger partial charge in [0.25, 0.3) is 5.91 Å². The first-order valence-corrected chi connectivity index (χ1v) is 3.20. The van der Waals surface area contributed by atoms with Gasteiger partial charge in [0.15, 0.2) is 5.60 Å². The van der Waals surface area contributed by atoms with E-state index < -0.39 is 11.5 Å². The van der Waals surface area contributed by atoms with Gasteiger partial charge in [-0.15, -0.1) is 0 Å². The summed E-state index contributed by atoms with van der Waals surface area (Å²) < 4.78 is 5.20. The van der Waals surface area contributed by atoms with E-state index in [1.807, 2.05) is 13.0 Å². The topological polar surface area (TPSA) is 52.3 Å². The summed E-state index contributed by atoms with van der Waals surface area (Å²) in [6, 6.07) is 0. The molecule has 0 aromatic rings. The third-order valence-electron chi connectivity index (χ3n) is 1.69. The fourth-order valence-electron chi connectivity index (χ4n) is 0.928. The minimum atomic E-state index is -0.788. The van der Waals surface area contributed by atoms with Crippen LogP contribution in [-0.4, -0.2) is 11.5 Å². The van der Waals surface area contributed by atoms with Gasteiger partial charge in [0.1, 0.15) is 0 Å². The molecule has 0 saturated heterocycles. The third kappa shape index (κ3) is 0.988. The Morgan fingerprint density at radius 2 is 2.50 bits per heavy atom. The molecule has 3 heteroatoms. The van der Waals surface area contributed by atoms with Crippen LogP contribution in [0.4, 0.5) is 0 Å². The van der Waals surface area contributed by atoms with E-state index in [0.717, 1.165) is 5.76 Å². The van der Waals surface area contributed by atoms with Crippen LogP contribution in [0.2, 0.25) is 0 Å². The maximum Gasteiger partial charge on any atom is 0.261 e. The van der Waals surface area contributed by atoms with Crippen LogP contribution in [0.1, 0.15) is 20.3 Å². The number of ether oxygens (including phenoxy) is 1. The Labute approximate surface area is 59.8 Å². The summed E-state index contributed by atoms with van der Waals surface area (Å²) in [4.78, 5) is 10.7. The van der Waals surface area contributed by atoms with E-state index in [1.165, 1.54) is 0 Å². The number of primary amides is 1. The summed E-state index contributed by atoms with van der Waals surface area (Å²) in [6.45, 7) is 3.51. The summed E-state index contributed by atoms with van der Waals surface area (Å²) in [6.07, 6.45) is 2.46. The smallest absolute Gasteiger partial charge is 0.261 e. The van der Waals surface area contributed by atoms with Gasteiger partial charge in [-0.05, 0) is 19.9 Å². The molecular weight excluding hydrogens is 130 g/mol. The first-order chi connectivity index (χ1) is 4.54. The van der Waals surface area contributed by atoms with Crippen LogP contribution in [0, 0.1) is 0 Å². The lowest BCUT2D eigenvalue weighted by Crippen LogP contribution is -2.40. The molecule has 1 amide bonds. The van der Waals surface area contributed by atoms with Crippen molar-refractivity contribution >= 4 is 5.91 Å². The average molecular weight is 141 g/mol. The molecule has 0 aromatic carbocycles. The standard InChI is InChI=1S/C7H11NO2/c1-5-3-4-7(2,10-5)6(8)9/h3H,4H2,1-2H3,(H2,8,9). The van der Waals surface area contributed by atoms with Gasteiger partial charge in [-0.3, -0.25) is 4.79 Å². The zero-order valence-electron chi connectivity index (χ0n) is 6.18. The fourth-order valence-corrected chi connectivity index (χ4v) is 0.928. The predicted molar refractivity (Wildman–Crippen MR) is 37.1 cm³/mol. The van der Waals surface area contributed by atoms with Crippen LogP contribution < -0.4 is 5.73 Å². The second kappa shape index (κ2) is 2.01. The second-order valence-electron chi connectivity index (χ2n) is 2.72. The van der Waals surface area contributed by atoms with E-state index in [-0.39, 0.29) is 0 Å². The van der Waals surface area contributed by atoms with Crippen LogP contribution in [-0.2, 0) is 9.53 Å². The van der Waals surface area contributed by atoms with Gasteiger partial charge in [0.2, 0.25) is 0 Å². The molecule has 1 rings (SSSR count). The van der Waals surface area contributed by atoms with Crippen molar-refractivity contribution in [3.8, 4) is 0 Å². The Kier molecular flexibility index (Phi) is 1.43. The van der Waals surface area contributed by atoms with Gasteiger partial charge in [-0.1, -0.05) is 0 Å². The first kappa shape index (κ1) is 7.12. The lowest BCUT2D eigenvalue weighted by atomic mass is 10.0. The quantitative estimate of drug-likeness (QED) is 0.580. The number of carbonyl (C=O) groups is 1. The molecule has 0 radical (unpaired) electrons. The SMILES string of the molecule is CC1=CCC(C)(C(N)=O)O1. The van der Waals surface area contributed by atoms with Crippen molar-refractivity contribution in [3.63, 3.8) is 0 Å². The Hall–Kier alpha value is -0.990. The van der Waals surface area contributed by atoms with Crippen molar-refractivity contribution in [1.82, 2.24) is 0 Å². The van der Waals surface area contributed by atoms with E-state index in [2.05, 4.69) is 0 Å². The lowest BCUT2D eigenvalue weighted by Gasteiger charge is -2.20. The molecule has 1 aliphatic rings. The monoisotopic (exact) mass is 141 g/mol. The molecule has 56 valence electrons. The molecule has 0 spiro atoms. The number of nitrogens with two attached hydrogens (primary N) is 1. The van der Waals surface area contributed by atoms with Crippen LogP contribution in [0.5, 0.6) is 0 Å². The van der Waals surface area contributed by atoms with Crippen molar-refractivity contribution < 1.29 is 9.53 Å². The normalized spacial score (nSPS) is 31.2. The molecule has 10 heavy (non-hydrogen) atoms. The van der Waals surface area contributed by atoms with E-state index in [1.54, 1.807) is 6.92 Å². The van der Waals surface area contributed by atoms with Gasteiger partial charge in [-0.2, -0.15) is 0 Å². The molecule has 0 fully saturated rings. The average Bonchev–Trinajstić information content (AvgIpc) is 2.13. The highest BCUT2D eigenvalue weighted by atomic mass is 16.5. The number of amides is 1. The van der Waals surface area contributed by atoms with E-state index in [4.69, 9.17) is 10.5 Å². The van der Waals surface area contributed by atoms with E-state index in [0.29, 0.717) is 6.42 Å². The number of carbonyl (C=O) groups excluding carboxylic acids is 1. The molecule has 0 aromatic heterocycles. The van der Waals surface area contributed by atoms with Gasteiger partial charge in [0, 0.05) is 6.42 Å². The Balaban J connectivity index is 2.70. The number of allylic oxidation sites excluding steroid dienone is 1. The van der Waals surface area contributed by atoms with Crippen molar-refractivity contribution in [3.05, 3.63) is 11.8 Å². The van der Waals surface area contributed by atoms with Crippen LogP contribution in [0.15, 0.2) is 11.8 Å².